The zero-order chi connectivity index (χ0) is 19.2. The van der Waals surface area contributed by atoms with Gasteiger partial charge in [-0.15, -0.1) is 0 Å². The first-order valence-corrected chi connectivity index (χ1v) is 8.66. The third kappa shape index (κ3) is 5.17. The lowest BCUT2D eigenvalue weighted by Gasteiger charge is -2.13. The first kappa shape index (κ1) is 19.7. The number of imidazole rings is 1. The fourth-order valence-electron chi connectivity index (χ4n) is 2.55. The molecule has 2 aromatic carbocycles. The molecule has 1 N–H and O–H groups in total. The van der Waals surface area contributed by atoms with Crippen LogP contribution in [0.25, 0.3) is 10.8 Å². The number of amides is 1. The molecule has 5 heteroatoms. The number of aromatic nitrogens is 2. The van der Waals surface area contributed by atoms with E-state index in [4.69, 9.17) is 0 Å². The van der Waals surface area contributed by atoms with Crippen LogP contribution in [0.5, 0.6) is 0 Å². The van der Waals surface area contributed by atoms with E-state index < -0.39 is 5.60 Å². The lowest BCUT2D eigenvalue weighted by molar-refractivity contribution is -0.126. The molecule has 5 nitrogen and oxygen atoms in total. The van der Waals surface area contributed by atoms with Crippen molar-refractivity contribution in [3.63, 3.8) is 0 Å². The monoisotopic (exact) mass is 353 g/mol. The number of carbonyl (C=O) groups is 1. The molecule has 0 spiro atoms. The average molecular weight is 353 g/mol. The van der Waals surface area contributed by atoms with Crippen LogP contribution in [0.1, 0.15) is 26.0 Å². The molecule has 1 aliphatic rings. The Kier molecular flexibility index (Phi) is 6.52. The summed E-state index contributed by atoms with van der Waals surface area (Å²) in [5.41, 5.74) is 0.295. The van der Waals surface area contributed by atoms with Gasteiger partial charge in [0.25, 0.3) is 0 Å². The van der Waals surface area contributed by atoms with E-state index in [2.05, 4.69) is 53.5 Å². The van der Waals surface area contributed by atoms with Gasteiger partial charge in [-0.2, -0.15) is 0 Å². The molecule has 0 bridgehead atoms. The van der Waals surface area contributed by atoms with Gasteiger partial charge in [-0.25, -0.2) is 4.98 Å². The molecule has 0 radical (unpaired) electrons. The second-order valence-corrected chi connectivity index (χ2v) is 6.76. The highest BCUT2D eigenvalue weighted by atomic mass is 16.3. The van der Waals surface area contributed by atoms with E-state index in [9.17, 15) is 9.90 Å². The number of hydrogen-bond acceptors (Lipinski definition) is 3. The zero-order valence-corrected chi connectivity index (χ0v) is 15.9. The Morgan fingerprint density at radius 3 is 1.96 bits per heavy atom. The van der Waals surface area contributed by atoms with Crippen LogP contribution in [-0.4, -0.2) is 39.6 Å². The molecule has 1 unspecified atom stereocenters. The first-order chi connectivity index (χ1) is 12.3. The molecule has 1 atom stereocenters. The van der Waals surface area contributed by atoms with Crippen molar-refractivity contribution in [3.05, 3.63) is 66.7 Å². The maximum Gasteiger partial charge on any atom is 0.218 e. The first-order valence-electron chi connectivity index (χ1n) is 8.66. The van der Waals surface area contributed by atoms with Gasteiger partial charge in [0, 0.05) is 27.6 Å². The molecule has 1 aliphatic heterocycles. The molecule has 1 aromatic heterocycles. The standard InChI is InChI=1S/C10H8.C7H10N2O.C4H9NO/c1-2-6-10-8-4-3-7-9(10)5-1;1-7(10)2-3-9-5-8-4-6(7)9;1-4(6)5(2)3/h1-8H;4-5,10H,2-3H2,1H3;1-3H3. The fourth-order valence-corrected chi connectivity index (χ4v) is 2.55. The van der Waals surface area contributed by atoms with Crippen molar-refractivity contribution in [2.24, 2.45) is 0 Å². The average Bonchev–Trinajstić information content (AvgIpc) is 3.21. The van der Waals surface area contributed by atoms with E-state index in [1.807, 2.05) is 11.5 Å². The summed E-state index contributed by atoms with van der Waals surface area (Å²) in [5.74, 6) is 0.0926. The van der Waals surface area contributed by atoms with Crippen LogP contribution in [-0.2, 0) is 16.9 Å². The predicted octanol–water partition coefficient (Wildman–Crippen LogP) is 3.43. The summed E-state index contributed by atoms with van der Waals surface area (Å²) in [6.07, 6.45) is 4.30. The van der Waals surface area contributed by atoms with E-state index in [0.717, 1.165) is 18.7 Å². The van der Waals surface area contributed by atoms with Gasteiger partial charge in [-0.05, 0) is 24.1 Å². The van der Waals surface area contributed by atoms with Crippen molar-refractivity contribution in [2.45, 2.75) is 32.4 Å². The number of carbonyl (C=O) groups excluding carboxylic acids is 1. The largest absolute Gasteiger partial charge is 0.384 e. The third-order valence-corrected chi connectivity index (χ3v) is 4.39. The maximum absolute atomic E-state index is 10.1. The molecular formula is C21H27N3O2. The second kappa shape index (κ2) is 8.63. The fraction of sp³-hybridized carbons (Fsp3) is 0.333. The topological polar surface area (TPSA) is 58.4 Å². The summed E-state index contributed by atoms with van der Waals surface area (Å²) in [5, 5.41) is 12.3. The maximum atomic E-state index is 10.1. The molecule has 3 aromatic rings. The minimum absolute atomic E-state index is 0.0926. The highest BCUT2D eigenvalue weighted by molar-refractivity contribution is 5.82. The lowest BCUT2D eigenvalue weighted by Crippen LogP contribution is -2.17. The van der Waals surface area contributed by atoms with Crippen molar-refractivity contribution in [1.29, 1.82) is 0 Å². The van der Waals surface area contributed by atoms with Crippen molar-refractivity contribution in [2.75, 3.05) is 14.1 Å². The SMILES string of the molecule is CC(=O)N(C)C.CC1(O)CCn2cncc21.c1ccc2ccccc2c1. The quantitative estimate of drug-likeness (QED) is 0.674. The molecule has 0 fully saturated rings. The van der Waals surface area contributed by atoms with E-state index in [1.165, 1.54) is 22.6 Å². The Morgan fingerprint density at radius 1 is 1.12 bits per heavy atom. The van der Waals surface area contributed by atoms with Crippen molar-refractivity contribution >= 4 is 16.7 Å². The zero-order valence-electron chi connectivity index (χ0n) is 15.9. The van der Waals surface area contributed by atoms with Gasteiger partial charge in [-0.3, -0.25) is 4.79 Å². The van der Waals surface area contributed by atoms with Crippen LogP contribution < -0.4 is 0 Å². The number of aliphatic hydroxyl groups is 1. The highest BCUT2D eigenvalue weighted by Crippen LogP contribution is 2.30. The van der Waals surface area contributed by atoms with Crippen LogP contribution >= 0.6 is 0 Å². The number of benzene rings is 2. The molecule has 0 saturated carbocycles. The minimum atomic E-state index is -0.642. The van der Waals surface area contributed by atoms with Crippen molar-refractivity contribution in [3.8, 4) is 0 Å². The highest BCUT2D eigenvalue weighted by Gasteiger charge is 2.32. The predicted molar refractivity (Wildman–Crippen MR) is 105 cm³/mol. The van der Waals surface area contributed by atoms with Crippen LogP contribution in [0.3, 0.4) is 0 Å². The van der Waals surface area contributed by atoms with E-state index >= 15 is 0 Å². The summed E-state index contributed by atoms with van der Waals surface area (Å²) in [7, 11) is 3.45. The summed E-state index contributed by atoms with van der Waals surface area (Å²) in [6, 6.07) is 16.7. The molecule has 26 heavy (non-hydrogen) atoms. The van der Waals surface area contributed by atoms with E-state index in [1.54, 1.807) is 26.6 Å². The van der Waals surface area contributed by atoms with Crippen LogP contribution in [0.4, 0.5) is 0 Å². The van der Waals surface area contributed by atoms with Gasteiger partial charge in [0.1, 0.15) is 5.60 Å². The second-order valence-electron chi connectivity index (χ2n) is 6.76. The van der Waals surface area contributed by atoms with Gasteiger partial charge in [-0.1, -0.05) is 48.5 Å². The number of hydrogen-bond donors (Lipinski definition) is 1. The summed E-state index contributed by atoms with van der Waals surface area (Å²) < 4.78 is 1.99. The number of rotatable bonds is 0. The van der Waals surface area contributed by atoms with Crippen molar-refractivity contribution < 1.29 is 9.90 Å². The van der Waals surface area contributed by atoms with Crippen LogP contribution in [0.15, 0.2) is 61.1 Å². The Morgan fingerprint density at radius 2 is 1.58 bits per heavy atom. The molecule has 1 amide bonds. The normalized spacial score (nSPS) is 17.4. The van der Waals surface area contributed by atoms with Crippen LogP contribution in [0, 0.1) is 0 Å². The molecule has 0 saturated heterocycles. The molecule has 4 rings (SSSR count). The minimum Gasteiger partial charge on any atom is -0.384 e. The summed E-state index contributed by atoms with van der Waals surface area (Å²) in [4.78, 5) is 15.5. The molecular weight excluding hydrogens is 326 g/mol. The molecule has 0 aliphatic carbocycles. The van der Waals surface area contributed by atoms with E-state index in [0.29, 0.717) is 0 Å². The van der Waals surface area contributed by atoms with Gasteiger partial charge in [0.15, 0.2) is 0 Å². The van der Waals surface area contributed by atoms with Gasteiger partial charge >= 0.3 is 0 Å². The number of fused-ring (bicyclic) bond motifs is 2. The Bertz CT molecular complexity index is 788. The Labute approximate surface area is 154 Å². The Balaban J connectivity index is 0.000000146. The van der Waals surface area contributed by atoms with E-state index in [-0.39, 0.29) is 5.91 Å². The third-order valence-electron chi connectivity index (χ3n) is 4.39. The molecule has 138 valence electrons. The molecule has 2 heterocycles. The van der Waals surface area contributed by atoms with Crippen LogP contribution in [0.2, 0.25) is 0 Å². The number of nitrogens with zero attached hydrogens (tertiary/aromatic N) is 3. The van der Waals surface area contributed by atoms with Crippen molar-refractivity contribution in [1.82, 2.24) is 14.5 Å². The number of aryl methyl sites for hydroxylation is 1. The van der Waals surface area contributed by atoms with Gasteiger partial charge in [0.2, 0.25) is 5.91 Å². The van der Waals surface area contributed by atoms with Gasteiger partial charge in [0.05, 0.1) is 18.2 Å². The smallest absolute Gasteiger partial charge is 0.218 e. The Hall–Kier alpha value is -2.66. The summed E-state index contributed by atoms with van der Waals surface area (Å²) in [6.45, 7) is 4.25. The lowest BCUT2D eigenvalue weighted by atomic mass is 10.0. The van der Waals surface area contributed by atoms with Gasteiger partial charge < -0.3 is 14.6 Å². The summed E-state index contributed by atoms with van der Waals surface area (Å²) >= 11 is 0.